The van der Waals surface area contributed by atoms with Gasteiger partial charge in [0.2, 0.25) is 0 Å². The fourth-order valence-corrected chi connectivity index (χ4v) is 6.28. The van der Waals surface area contributed by atoms with Crippen molar-refractivity contribution in [2.24, 2.45) is 40.6 Å². The van der Waals surface area contributed by atoms with Gasteiger partial charge in [0.25, 0.3) is 11.8 Å². The molecule has 2 heterocycles. The predicted octanol–water partition coefficient (Wildman–Crippen LogP) is 3.79. The SMILES string of the molecule is Cc1ccccc1-n1c(C)cc(/C=N\N2C(=O)[C@@H]3[C@H]4C=C[C@@H]([C@@H]5C[C@@H]45)[C@H]3C2=O)c1C. The van der Waals surface area contributed by atoms with Gasteiger partial charge in [0.1, 0.15) is 0 Å². The fourth-order valence-electron chi connectivity index (χ4n) is 6.28. The number of hydrogen-bond acceptors (Lipinski definition) is 3. The fraction of sp³-hybridized carbons (Fsp3) is 0.400. The van der Waals surface area contributed by atoms with Crippen LogP contribution in [-0.2, 0) is 9.59 Å². The van der Waals surface area contributed by atoms with Crippen LogP contribution in [0.2, 0.25) is 0 Å². The van der Waals surface area contributed by atoms with E-state index in [-0.39, 0.29) is 35.5 Å². The standard InChI is InChI=1S/C25H25N3O2/c1-13-6-4-5-7-21(13)27-14(2)10-16(15(27)3)12-26-28-24(29)22-17-8-9-18(20-11-19(17)20)23(22)25(28)30/h4-10,12,17-20,22-23H,11H2,1-3H3/b26-12-/t17-,18-,19-,20-,22+,23+/m0/s1. The van der Waals surface area contributed by atoms with Crippen molar-refractivity contribution in [2.75, 3.05) is 0 Å². The van der Waals surface area contributed by atoms with Gasteiger partial charge in [-0.25, -0.2) is 0 Å². The molecule has 6 atom stereocenters. The van der Waals surface area contributed by atoms with Crippen molar-refractivity contribution >= 4 is 18.0 Å². The molecule has 0 spiro atoms. The van der Waals surface area contributed by atoms with Crippen LogP contribution >= 0.6 is 0 Å². The minimum absolute atomic E-state index is 0.112. The number of carbonyl (C=O) groups is 2. The number of amides is 2. The highest BCUT2D eigenvalue weighted by Gasteiger charge is 2.67. The quantitative estimate of drug-likeness (QED) is 0.448. The summed E-state index contributed by atoms with van der Waals surface area (Å²) in [6, 6.07) is 10.3. The van der Waals surface area contributed by atoms with E-state index >= 15 is 0 Å². The van der Waals surface area contributed by atoms with Crippen molar-refractivity contribution in [3.63, 3.8) is 0 Å². The number of imide groups is 1. The number of carbonyl (C=O) groups excluding carboxylic acids is 2. The second-order valence-electron chi connectivity index (χ2n) is 9.34. The van der Waals surface area contributed by atoms with E-state index in [1.165, 1.54) is 12.0 Å². The zero-order chi connectivity index (χ0) is 20.7. The number of nitrogens with zero attached hydrogens (tertiary/aromatic N) is 3. The third kappa shape index (κ3) is 2.26. The predicted molar refractivity (Wildman–Crippen MR) is 114 cm³/mol. The third-order valence-corrected chi connectivity index (χ3v) is 7.78. The molecule has 5 nitrogen and oxygen atoms in total. The third-order valence-electron chi connectivity index (χ3n) is 7.78. The molecule has 4 aliphatic carbocycles. The number of hydrogen-bond donors (Lipinski definition) is 0. The molecule has 5 heteroatoms. The number of benzene rings is 1. The Hall–Kier alpha value is -2.95. The van der Waals surface area contributed by atoms with Gasteiger partial charge in [-0.2, -0.15) is 10.1 Å². The van der Waals surface area contributed by atoms with Gasteiger partial charge in [-0.15, -0.1) is 0 Å². The lowest BCUT2D eigenvalue weighted by Crippen LogP contribution is -2.40. The van der Waals surface area contributed by atoms with Crippen LogP contribution in [0.15, 0.2) is 47.6 Å². The minimum atomic E-state index is -0.201. The topological polar surface area (TPSA) is 54.7 Å². The Morgan fingerprint density at radius 1 is 0.967 bits per heavy atom. The van der Waals surface area contributed by atoms with Crippen LogP contribution in [-0.4, -0.2) is 27.6 Å². The molecule has 2 bridgehead atoms. The molecule has 152 valence electrons. The maximum atomic E-state index is 13.1. The van der Waals surface area contributed by atoms with E-state index in [9.17, 15) is 9.59 Å². The lowest BCUT2D eigenvalue weighted by atomic mass is 9.63. The molecule has 0 radical (unpaired) electrons. The smallest absolute Gasteiger partial charge is 0.254 e. The Morgan fingerprint density at radius 2 is 1.60 bits per heavy atom. The number of aryl methyl sites for hydroxylation is 2. The summed E-state index contributed by atoms with van der Waals surface area (Å²) in [6.45, 7) is 6.21. The van der Waals surface area contributed by atoms with Gasteiger partial charge in [-0.05, 0) is 68.6 Å². The molecule has 1 saturated heterocycles. The largest absolute Gasteiger partial charge is 0.318 e. The van der Waals surface area contributed by atoms with E-state index in [2.05, 4.69) is 53.9 Å². The molecule has 2 amide bonds. The van der Waals surface area contributed by atoms with Gasteiger partial charge < -0.3 is 4.57 Å². The van der Waals surface area contributed by atoms with E-state index in [1.807, 2.05) is 19.1 Å². The molecule has 5 aliphatic rings. The van der Waals surface area contributed by atoms with E-state index < -0.39 is 0 Å². The first-order valence-electron chi connectivity index (χ1n) is 10.8. The minimum Gasteiger partial charge on any atom is -0.318 e. The van der Waals surface area contributed by atoms with Crippen molar-refractivity contribution in [3.8, 4) is 5.69 Å². The normalized spacial score (nSPS) is 33.5. The molecular weight excluding hydrogens is 374 g/mol. The summed E-state index contributed by atoms with van der Waals surface area (Å²) in [4.78, 5) is 26.2. The molecule has 1 aromatic carbocycles. The maximum absolute atomic E-state index is 13.1. The molecule has 0 N–H and O–H groups in total. The number of para-hydroxylation sites is 1. The summed E-state index contributed by atoms with van der Waals surface area (Å²) in [6.07, 6.45) is 7.23. The van der Waals surface area contributed by atoms with Crippen LogP contribution in [0.3, 0.4) is 0 Å². The first-order chi connectivity index (χ1) is 14.5. The van der Waals surface area contributed by atoms with Crippen molar-refractivity contribution < 1.29 is 9.59 Å². The molecule has 3 fully saturated rings. The molecule has 1 aliphatic heterocycles. The average molecular weight is 399 g/mol. The highest BCUT2D eigenvalue weighted by molar-refractivity contribution is 6.06. The number of allylic oxidation sites excluding steroid dienone is 2. The van der Waals surface area contributed by atoms with Gasteiger partial charge >= 0.3 is 0 Å². The lowest BCUT2D eigenvalue weighted by molar-refractivity contribution is -0.140. The molecule has 1 aromatic heterocycles. The maximum Gasteiger partial charge on any atom is 0.254 e. The summed E-state index contributed by atoms with van der Waals surface area (Å²) >= 11 is 0. The Kier molecular flexibility index (Phi) is 3.59. The molecule has 0 unspecified atom stereocenters. The van der Waals surface area contributed by atoms with Crippen molar-refractivity contribution in [1.29, 1.82) is 0 Å². The monoisotopic (exact) mass is 399 g/mol. The first-order valence-corrected chi connectivity index (χ1v) is 10.8. The summed E-state index contributed by atoms with van der Waals surface area (Å²) in [5, 5.41) is 5.58. The van der Waals surface area contributed by atoms with E-state index in [4.69, 9.17) is 0 Å². The highest BCUT2D eigenvalue weighted by Crippen LogP contribution is 2.65. The van der Waals surface area contributed by atoms with Crippen LogP contribution in [0.1, 0.15) is 28.9 Å². The van der Waals surface area contributed by atoms with Crippen LogP contribution in [0.5, 0.6) is 0 Å². The zero-order valence-corrected chi connectivity index (χ0v) is 17.4. The number of aromatic nitrogens is 1. The van der Waals surface area contributed by atoms with E-state index in [1.54, 1.807) is 6.21 Å². The molecule has 7 rings (SSSR count). The van der Waals surface area contributed by atoms with E-state index in [0.717, 1.165) is 27.6 Å². The van der Waals surface area contributed by atoms with E-state index in [0.29, 0.717) is 11.8 Å². The average Bonchev–Trinajstić information content (AvgIpc) is 3.46. The number of rotatable bonds is 3. The lowest BCUT2D eigenvalue weighted by Gasteiger charge is -2.37. The van der Waals surface area contributed by atoms with Crippen LogP contribution in [0, 0.1) is 56.3 Å². The second kappa shape index (κ2) is 6.03. The Bertz CT molecular complexity index is 1120. The van der Waals surface area contributed by atoms with Crippen molar-refractivity contribution in [3.05, 3.63) is 65.0 Å². The second-order valence-corrected chi connectivity index (χ2v) is 9.34. The Labute approximate surface area is 176 Å². The van der Waals surface area contributed by atoms with Crippen LogP contribution in [0.25, 0.3) is 5.69 Å². The van der Waals surface area contributed by atoms with Gasteiger partial charge in [0, 0.05) is 22.6 Å². The molecule has 2 aromatic rings. The summed E-state index contributed by atoms with van der Waals surface area (Å²) in [7, 11) is 0. The molecule has 2 saturated carbocycles. The van der Waals surface area contributed by atoms with Gasteiger partial charge in [0.05, 0.1) is 18.1 Å². The van der Waals surface area contributed by atoms with Crippen molar-refractivity contribution in [1.82, 2.24) is 9.58 Å². The summed E-state index contributed by atoms with van der Waals surface area (Å²) in [5.74, 6) is 1.04. The Morgan fingerprint density at radius 3 is 2.23 bits per heavy atom. The summed E-state index contributed by atoms with van der Waals surface area (Å²) in [5.41, 5.74) is 5.39. The van der Waals surface area contributed by atoms with Crippen LogP contribution in [0.4, 0.5) is 0 Å². The highest BCUT2D eigenvalue weighted by atomic mass is 16.2. The molecular formula is C25H25N3O2. The first kappa shape index (κ1) is 17.9. The van der Waals surface area contributed by atoms with Gasteiger partial charge in [-0.1, -0.05) is 30.4 Å². The number of hydrazone groups is 1. The van der Waals surface area contributed by atoms with Gasteiger partial charge in [-0.3, -0.25) is 9.59 Å². The summed E-state index contributed by atoms with van der Waals surface area (Å²) < 4.78 is 2.20. The zero-order valence-electron chi connectivity index (χ0n) is 17.4. The molecule has 30 heavy (non-hydrogen) atoms. The van der Waals surface area contributed by atoms with Crippen LogP contribution < -0.4 is 0 Å². The Balaban J connectivity index is 1.32. The van der Waals surface area contributed by atoms with Crippen molar-refractivity contribution in [2.45, 2.75) is 27.2 Å². The van der Waals surface area contributed by atoms with Gasteiger partial charge in [0.15, 0.2) is 0 Å².